The Morgan fingerprint density at radius 2 is 1.70 bits per heavy atom. The summed E-state index contributed by atoms with van der Waals surface area (Å²) in [5.74, 6) is -1.41. The molecule has 0 spiro atoms. The van der Waals surface area contributed by atoms with E-state index >= 15 is 0 Å². The van der Waals surface area contributed by atoms with Crippen molar-refractivity contribution in [1.29, 1.82) is 0 Å². The third-order valence-electron chi connectivity index (χ3n) is 0.951. The minimum Gasteiger partial charge on any atom is -0.481 e. The molecule has 0 aromatic rings. The Hall–Kier alpha value is -0.216. The molecule has 1 unspecified atom stereocenters. The summed E-state index contributed by atoms with van der Waals surface area (Å²) < 4.78 is 0. The van der Waals surface area contributed by atoms with Crippen LogP contribution in [0.4, 0.5) is 0 Å². The molecule has 62 valence electrons. The minimum atomic E-state index is -4.42. The highest BCUT2D eigenvalue weighted by atomic mass is 28.4. The van der Waals surface area contributed by atoms with Crippen LogP contribution in [0.15, 0.2) is 0 Å². The van der Waals surface area contributed by atoms with Gasteiger partial charge in [-0.1, -0.05) is 0 Å². The van der Waals surface area contributed by atoms with E-state index in [4.69, 9.17) is 19.5 Å². The number of hydrogen-bond donors (Lipinski definition) is 4. The SMILES string of the molecule is CC(C(=O)O)[Si](O)(O)O.[SiH4]. The van der Waals surface area contributed by atoms with E-state index in [1.165, 1.54) is 0 Å². The van der Waals surface area contributed by atoms with Crippen LogP contribution < -0.4 is 0 Å². The third-order valence-corrected chi connectivity index (χ3v) is 2.36. The summed E-state index contributed by atoms with van der Waals surface area (Å²) in [6.07, 6.45) is 0. The second-order valence-electron chi connectivity index (χ2n) is 1.75. The first-order valence-corrected chi connectivity index (χ1v) is 4.17. The summed E-state index contributed by atoms with van der Waals surface area (Å²) in [6.45, 7) is 1.04. The van der Waals surface area contributed by atoms with Crippen molar-refractivity contribution in [3.05, 3.63) is 0 Å². The van der Waals surface area contributed by atoms with E-state index < -0.39 is 20.3 Å². The van der Waals surface area contributed by atoms with E-state index in [1.807, 2.05) is 0 Å². The standard InChI is InChI=1S/C3H8O5Si.H4Si/c1-2(3(4)5)9(6,7)8;/h2,6-8H,1H3,(H,4,5);1H4. The number of carboxylic acids is 1. The lowest BCUT2D eigenvalue weighted by Gasteiger charge is -2.12. The molecule has 0 bridgehead atoms. The monoisotopic (exact) mass is 184 g/mol. The van der Waals surface area contributed by atoms with Crippen molar-refractivity contribution in [3.8, 4) is 0 Å². The second-order valence-corrected chi connectivity index (χ2v) is 3.99. The topological polar surface area (TPSA) is 98.0 Å². The molecule has 0 saturated heterocycles. The highest BCUT2D eigenvalue weighted by molar-refractivity contribution is 6.61. The predicted molar refractivity (Wildman–Crippen MR) is 40.8 cm³/mol. The molecular weight excluding hydrogens is 172 g/mol. The lowest BCUT2D eigenvalue weighted by atomic mass is 10.5. The van der Waals surface area contributed by atoms with Crippen LogP contribution in [0.3, 0.4) is 0 Å². The van der Waals surface area contributed by atoms with Gasteiger partial charge in [-0.05, 0) is 17.9 Å². The van der Waals surface area contributed by atoms with Crippen LogP contribution in [-0.2, 0) is 4.79 Å². The molecule has 7 heteroatoms. The number of carboxylic acid groups (broad SMARTS) is 1. The van der Waals surface area contributed by atoms with Crippen LogP contribution in [0.25, 0.3) is 0 Å². The van der Waals surface area contributed by atoms with Crippen molar-refractivity contribution >= 4 is 25.7 Å². The highest BCUT2D eigenvalue weighted by Gasteiger charge is 2.40. The van der Waals surface area contributed by atoms with Gasteiger partial charge in [0.25, 0.3) is 0 Å². The van der Waals surface area contributed by atoms with Gasteiger partial charge in [0.1, 0.15) is 5.54 Å². The van der Waals surface area contributed by atoms with Crippen LogP contribution in [-0.4, -0.2) is 45.2 Å². The molecule has 0 aliphatic rings. The lowest BCUT2D eigenvalue weighted by Crippen LogP contribution is -2.42. The molecule has 5 nitrogen and oxygen atoms in total. The average Bonchev–Trinajstić information content (AvgIpc) is 1.62. The second kappa shape index (κ2) is 3.83. The summed E-state index contributed by atoms with van der Waals surface area (Å²) in [4.78, 5) is 34.9. The molecule has 0 aliphatic heterocycles. The Morgan fingerprint density at radius 1 is 1.40 bits per heavy atom. The Bertz CT molecular complexity index is 119. The van der Waals surface area contributed by atoms with Crippen LogP contribution >= 0.6 is 0 Å². The van der Waals surface area contributed by atoms with Crippen molar-refractivity contribution in [2.24, 2.45) is 0 Å². The molecule has 0 rings (SSSR count). The minimum absolute atomic E-state index is 0. The smallest absolute Gasteiger partial charge is 0.481 e. The summed E-state index contributed by atoms with van der Waals surface area (Å²) >= 11 is 0. The maximum absolute atomic E-state index is 9.90. The lowest BCUT2D eigenvalue weighted by molar-refractivity contribution is -0.137. The zero-order valence-corrected chi connectivity index (χ0v) is 5.77. The number of rotatable bonds is 2. The fourth-order valence-corrected chi connectivity index (χ4v) is 0.497. The van der Waals surface area contributed by atoms with Gasteiger partial charge in [0, 0.05) is 0 Å². The van der Waals surface area contributed by atoms with Crippen molar-refractivity contribution in [3.63, 3.8) is 0 Å². The molecule has 0 aliphatic carbocycles. The quantitative estimate of drug-likeness (QED) is 0.341. The van der Waals surface area contributed by atoms with E-state index in [1.54, 1.807) is 0 Å². The fourth-order valence-electron chi connectivity index (χ4n) is 0.166. The molecule has 0 heterocycles. The van der Waals surface area contributed by atoms with Gasteiger partial charge in [-0.25, -0.2) is 0 Å². The Morgan fingerprint density at radius 3 is 1.70 bits per heavy atom. The summed E-state index contributed by atoms with van der Waals surface area (Å²) in [5.41, 5.74) is -1.46. The molecule has 0 saturated carbocycles. The number of aliphatic carboxylic acids is 1. The highest BCUT2D eigenvalue weighted by Crippen LogP contribution is 2.11. The van der Waals surface area contributed by atoms with Gasteiger partial charge in [-0.15, -0.1) is 0 Å². The van der Waals surface area contributed by atoms with Gasteiger partial charge in [0.15, 0.2) is 0 Å². The van der Waals surface area contributed by atoms with Crippen molar-refractivity contribution in [1.82, 2.24) is 0 Å². The molecule has 0 fully saturated rings. The fraction of sp³-hybridized carbons (Fsp3) is 0.667. The molecule has 1 atom stereocenters. The molecule has 4 N–H and O–H groups in total. The third kappa shape index (κ3) is 3.74. The van der Waals surface area contributed by atoms with Crippen LogP contribution in [0, 0.1) is 0 Å². The van der Waals surface area contributed by atoms with Gasteiger partial charge in [0.05, 0.1) is 0 Å². The number of hydrogen-bond acceptors (Lipinski definition) is 4. The average molecular weight is 184 g/mol. The first-order chi connectivity index (χ1) is 3.85. The summed E-state index contributed by atoms with van der Waals surface area (Å²) in [7, 11) is -4.42. The van der Waals surface area contributed by atoms with Gasteiger partial charge in [-0.2, -0.15) is 0 Å². The van der Waals surface area contributed by atoms with E-state index in [0.29, 0.717) is 0 Å². The van der Waals surface area contributed by atoms with Crippen LogP contribution in [0.1, 0.15) is 6.92 Å². The maximum Gasteiger partial charge on any atom is 0.507 e. The Labute approximate surface area is 63.3 Å². The van der Waals surface area contributed by atoms with E-state index in [-0.39, 0.29) is 11.0 Å². The van der Waals surface area contributed by atoms with E-state index in [9.17, 15) is 4.79 Å². The van der Waals surface area contributed by atoms with Gasteiger partial charge < -0.3 is 19.5 Å². The van der Waals surface area contributed by atoms with Crippen LogP contribution in [0.2, 0.25) is 5.54 Å². The van der Waals surface area contributed by atoms with Crippen molar-refractivity contribution < 1.29 is 24.3 Å². The summed E-state index contributed by atoms with van der Waals surface area (Å²) in [6, 6.07) is 0. The normalized spacial score (nSPS) is 13.6. The van der Waals surface area contributed by atoms with Crippen LogP contribution in [0.5, 0.6) is 0 Å². The van der Waals surface area contributed by atoms with Gasteiger partial charge in [-0.3, -0.25) is 4.79 Å². The molecule has 0 radical (unpaired) electrons. The van der Waals surface area contributed by atoms with E-state index in [2.05, 4.69) is 0 Å². The molecule has 0 aromatic heterocycles. The zero-order valence-electron chi connectivity index (χ0n) is 4.77. The number of carbonyl (C=O) groups is 1. The Balaban J connectivity index is 0. The van der Waals surface area contributed by atoms with Gasteiger partial charge in [0.2, 0.25) is 0 Å². The van der Waals surface area contributed by atoms with Crippen molar-refractivity contribution in [2.75, 3.05) is 0 Å². The zero-order chi connectivity index (χ0) is 7.65. The molecule has 0 aromatic carbocycles. The largest absolute Gasteiger partial charge is 0.507 e. The first kappa shape index (κ1) is 12.5. The van der Waals surface area contributed by atoms with E-state index in [0.717, 1.165) is 6.92 Å². The maximum atomic E-state index is 9.90. The van der Waals surface area contributed by atoms with Gasteiger partial charge >= 0.3 is 14.8 Å². The summed E-state index contributed by atoms with van der Waals surface area (Å²) in [5, 5.41) is 8.07. The van der Waals surface area contributed by atoms with Crippen molar-refractivity contribution in [2.45, 2.75) is 12.5 Å². The molecular formula is C3H12O5Si2. The first-order valence-electron chi connectivity index (χ1n) is 2.25. The molecule has 10 heavy (non-hydrogen) atoms. The predicted octanol–water partition coefficient (Wildman–Crippen LogP) is -3.07. The Kier molecular flexibility index (Phi) is 4.78. The molecule has 0 amide bonds.